The summed E-state index contributed by atoms with van der Waals surface area (Å²) in [5, 5.41) is 8.13. The van der Waals surface area contributed by atoms with Crippen molar-refractivity contribution in [3.8, 4) is 55.1 Å². The summed E-state index contributed by atoms with van der Waals surface area (Å²) in [6.07, 6.45) is 0. The highest BCUT2D eigenvalue weighted by molar-refractivity contribution is 7.27. The second-order valence-corrected chi connectivity index (χ2v) is 17.4. The normalized spacial score (nSPS) is 12.0. The van der Waals surface area contributed by atoms with Crippen LogP contribution in [0.25, 0.3) is 129 Å². The highest BCUT2D eigenvalue weighted by atomic mass is 32.1. The fourth-order valence-electron chi connectivity index (χ4n) is 9.11. The molecule has 13 aromatic rings. The van der Waals surface area contributed by atoms with Gasteiger partial charge in [-0.3, -0.25) is 0 Å². The predicted octanol–water partition coefficient (Wildman–Crippen LogP) is 16.8. The Morgan fingerprint density at radius 2 is 0.783 bits per heavy atom. The number of fused-ring (bicyclic) bond motifs is 10. The van der Waals surface area contributed by atoms with Crippen molar-refractivity contribution in [3.05, 3.63) is 188 Å². The molecule has 0 radical (unpaired) electrons. The number of thiophene rings is 1. The molecular weight excluding hydrogens is 771 g/mol. The lowest BCUT2D eigenvalue weighted by Gasteiger charge is -2.10. The monoisotopic (exact) mass is 801 g/mol. The Labute approximate surface area is 352 Å². The van der Waals surface area contributed by atoms with Gasteiger partial charge in [0, 0.05) is 69.5 Å². The molecule has 9 aromatic carbocycles. The van der Waals surface area contributed by atoms with Crippen molar-refractivity contribution in [1.29, 1.82) is 0 Å². The minimum absolute atomic E-state index is 0.905. The first-order valence-electron chi connectivity index (χ1n) is 20.1. The molecule has 0 unspecified atom stereocenters. The number of furan rings is 2. The van der Waals surface area contributed by atoms with Gasteiger partial charge in [-0.25, -0.2) is 4.98 Å². The first-order valence-corrected chi connectivity index (χ1v) is 21.7. The molecule has 0 N–H and O–H groups in total. The molecule has 0 saturated carbocycles. The van der Waals surface area contributed by atoms with Crippen LogP contribution in [0.15, 0.2) is 197 Å². The van der Waals surface area contributed by atoms with E-state index in [1.54, 1.807) is 11.3 Å². The Hall–Kier alpha value is -7.31. The summed E-state index contributed by atoms with van der Waals surface area (Å²) < 4.78 is 16.6. The van der Waals surface area contributed by atoms with Gasteiger partial charge < -0.3 is 8.83 Å². The van der Waals surface area contributed by atoms with Crippen LogP contribution in [0.5, 0.6) is 0 Å². The summed E-state index contributed by atoms with van der Waals surface area (Å²) in [5.74, 6) is 0. The third-order valence-corrected chi connectivity index (χ3v) is 14.3. The largest absolute Gasteiger partial charge is 0.455 e. The molecule has 0 bridgehead atoms. The van der Waals surface area contributed by atoms with Crippen molar-refractivity contribution in [2.24, 2.45) is 0 Å². The molecule has 0 aliphatic rings. The summed E-state index contributed by atoms with van der Waals surface area (Å²) in [6, 6.07) is 67.0. The SMILES string of the molecule is c1ccc2c(c1)oc1c(-c3ccc(-c4ccc(-c5ccc(-c6cccc7c6oc6ccccc67)cc5)c5sc(-c6cccc7c6sc6ccccc67)nc45)cc3)cccc12. The molecule has 5 heteroatoms. The zero-order valence-corrected chi connectivity index (χ0v) is 33.6. The lowest BCUT2D eigenvalue weighted by molar-refractivity contribution is 0.669. The zero-order chi connectivity index (χ0) is 39.3. The molecule has 60 heavy (non-hydrogen) atoms. The maximum atomic E-state index is 6.41. The minimum Gasteiger partial charge on any atom is -0.455 e. The van der Waals surface area contributed by atoms with Crippen molar-refractivity contribution in [2.45, 2.75) is 0 Å². The fraction of sp³-hybridized carbons (Fsp3) is 0. The summed E-state index contributed by atoms with van der Waals surface area (Å²) in [6.45, 7) is 0. The van der Waals surface area contributed by atoms with E-state index in [9.17, 15) is 0 Å². The van der Waals surface area contributed by atoms with E-state index in [2.05, 4.69) is 164 Å². The van der Waals surface area contributed by atoms with Gasteiger partial charge in [0.25, 0.3) is 0 Å². The first-order chi connectivity index (χ1) is 29.7. The molecule has 4 aromatic heterocycles. The second kappa shape index (κ2) is 13.1. The van der Waals surface area contributed by atoms with Gasteiger partial charge in [-0.15, -0.1) is 22.7 Å². The third kappa shape index (κ3) is 5.10. The average molecular weight is 802 g/mol. The van der Waals surface area contributed by atoms with E-state index in [1.165, 1.54) is 36.0 Å². The van der Waals surface area contributed by atoms with Gasteiger partial charge in [0.1, 0.15) is 27.3 Å². The maximum Gasteiger partial charge on any atom is 0.143 e. The first kappa shape index (κ1) is 33.6. The van der Waals surface area contributed by atoms with Crippen LogP contribution in [0, 0.1) is 0 Å². The molecular formula is C55H31NO2S2. The van der Waals surface area contributed by atoms with Gasteiger partial charge in [0.15, 0.2) is 0 Å². The van der Waals surface area contributed by atoms with E-state index in [4.69, 9.17) is 13.8 Å². The van der Waals surface area contributed by atoms with E-state index in [0.29, 0.717) is 0 Å². The molecule has 0 aliphatic heterocycles. The molecule has 0 fully saturated rings. The van der Waals surface area contributed by atoms with Crippen LogP contribution >= 0.6 is 22.7 Å². The van der Waals surface area contributed by atoms with Crippen molar-refractivity contribution in [2.75, 3.05) is 0 Å². The Morgan fingerprint density at radius 3 is 1.40 bits per heavy atom. The zero-order valence-electron chi connectivity index (χ0n) is 32.0. The Bertz CT molecular complexity index is 3630. The molecule has 0 saturated heterocycles. The van der Waals surface area contributed by atoms with E-state index in [-0.39, 0.29) is 0 Å². The summed E-state index contributed by atoms with van der Waals surface area (Å²) in [7, 11) is 0. The Balaban J connectivity index is 0.953. The molecule has 4 heterocycles. The summed E-state index contributed by atoms with van der Waals surface area (Å²) in [4.78, 5) is 5.53. The number of benzene rings is 9. The van der Waals surface area contributed by atoms with Gasteiger partial charge >= 0.3 is 0 Å². The standard InChI is InChI=1S/C55H31NO2S2/c1-4-19-47-40(10-1)43-15-7-13-37(51(43)57-47)33-24-22-32(23-25-33)36-30-31-39(35-28-26-34(27-29-35)38-14-8-16-44-41-11-2-5-20-48(41)58-52(38)44)54-50(36)56-55(60-54)46-18-9-17-45-42-12-3-6-21-49(42)59-53(45)46/h1-31H. The highest BCUT2D eigenvalue weighted by Gasteiger charge is 2.20. The molecule has 0 amide bonds. The summed E-state index contributed by atoms with van der Waals surface area (Å²) >= 11 is 3.63. The van der Waals surface area contributed by atoms with E-state index < -0.39 is 0 Å². The van der Waals surface area contributed by atoms with E-state index in [1.807, 2.05) is 35.6 Å². The van der Waals surface area contributed by atoms with Gasteiger partial charge in [-0.2, -0.15) is 0 Å². The summed E-state index contributed by atoms with van der Waals surface area (Å²) in [5.41, 5.74) is 14.8. The molecule has 3 nitrogen and oxygen atoms in total. The molecule has 13 rings (SSSR count). The second-order valence-electron chi connectivity index (χ2n) is 15.4. The number of hydrogen-bond acceptors (Lipinski definition) is 5. The van der Waals surface area contributed by atoms with Gasteiger partial charge in [0.05, 0.1) is 10.2 Å². The molecule has 0 spiro atoms. The predicted molar refractivity (Wildman–Crippen MR) is 254 cm³/mol. The number of rotatable bonds is 5. The van der Waals surface area contributed by atoms with Crippen LogP contribution in [0.4, 0.5) is 0 Å². The minimum atomic E-state index is 0.905. The maximum absolute atomic E-state index is 6.41. The van der Waals surface area contributed by atoms with Gasteiger partial charge in [-0.05, 0) is 40.5 Å². The number of para-hydroxylation sites is 4. The fourth-order valence-corrected chi connectivity index (χ4v) is 11.5. The smallest absolute Gasteiger partial charge is 0.143 e. The van der Waals surface area contributed by atoms with Crippen LogP contribution in [-0.2, 0) is 0 Å². The van der Waals surface area contributed by atoms with E-state index in [0.717, 1.165) is 93.3 Å². The number of aromatic nitrogens is 1. The van der Waals surface area contributed by atoms with Gasteiger partial charge in [0.2, 0.25) is 0 Å². The van der Waals surface area contributed by atoms with Crippen LogP contribution in [0.1, 0.15) is 0 Å². The lowest BCUT2D eigenvalue weighted by Crippen LogP contribution is -1.86. The van der Waals surface area contributed by atoms with E-state index >= 15 is 0 Å². The number of thiazole rings is 1. The van der Waals surface area contributed by atoms with Gasteiger partial charge in [-0.1, -0.05) is 170 Å². The number of nitrogens with zero attached hydrogens (tertiary/aromatic N) is 1. The van der Waals surface area contributed by atoms with Crippen LogP contribution in [0.2, 0.25) is 0 Å². The Kier molecular flexibility index (Phi) is 7.35. The van der Waals surface area contributed by atoms with Crippen LogP contribution < -0.4 is 0 Å². The van der Waals surface area contributed by atoms with Crippen LogP contribution in [-0.4, -0.2) is 4.98 Å². The van der Waals surface area contributed by atoms with Crippen molar-refractivity contribution in [1.82, 2.24) is 4.98 Å². The van der Waals surface area contributed by atoms with Crippen molar-refractivity contribution < 1.29 is 8.83 Å². The topological polar surface area (TPSA) is 39.2 Å². The third-order valence-electron chi connectivity index (χ3n) is 12.0. The van der Waals surface area contributed by atoms with Crippen LogP contribution in [0.3, 0.4) is 0 Å². The number of hydrogen-bond donors (Lipinski definition) is 0. The Morgan fingerprint density at radius 1 is 0.317 bits per heavy atom. The van der Waals surface area contributed by atoms with Crippen molar-refractivity contribution >= 4 is 96.9 Å². The molecule has 0 atom stereocenters. The van der Waals surface area contributed by atoms with Crippen molar-refractivity contribution in [3.63, 3.8) is 0 Å². The molecule has 280 valence electrons. The highest BCUT2D eigenvalue weighted by Crippen LogP contribution is 2.46. The average Bonchev–Trinajstić information content (AvgIpc) is 4.10. The quantitative estimate of drug-likeness (QED) is 0.174. The lowest BCUT2D eigenvalue weighted by atomic mass is 9.95. The molecule has 0 aliphatic carbocycles.